The van der Waals surface area contributed by atoms with Crippen molar-refractivity contribution in [1.82, 2.24) is 25.2 Å². The van der Waals surface area contributed by atoms with E-state index in [0.29, 0.717) is 6.54 Å². The van der Waals surface area contributed by atoms with Crippen molar-refractivity contribution >= 4 is 0 Å². The van der Waals surface area contributed by atoms with Gasteiger partial charge in [-0.05, 0) is 25.1 Å². The molecule has 1 saturated heterocycles. The van der Waals surface area contributed by atoms with Gasteiger partial charge in [0.05, 0.1) is 19.8 Å². The van der Waals surface area contributed by atoms with Gasteiger partial charge in [-0.15, -0.1) is 0 Å². The zero-order chi connectivity index (χ0) is 19.7. The number of morpholine rings is 1. The zero-order valence-corrected chi connectivity index (χ0v) is 16.8. The fraction of sp³-hybridized carbons (Fsp3) is 0.391. The fourth-order valence-electron chi connectivity index (χ4n) is 3.60. The highest BCUT2D eigenvalue weighted by atomic mass is 16.5. The summed E-state index contributed by atoms with van der Waals surface area (Å²) in [6, 6.07) is 20.7. The minimum absolute atomic E-state index is 0.678. The van der Waals surface area contributed by atoms with Gasteiger partial charge in [0.1, 0.15) is 11.4 Å². The molecule has 0 aliphatic carbocycles. The molecule has 0 saturated carbocycles. The maximum atomic E-state index is 5.41. The standard InChI is InChI=1S/C23H29N5O/c1-3-8-20(9-4-1)19-28-25-22(23(26-28)21-10-5-2-6-11-21)18-24-12-7-13-27-14-16-29-17-15-27/h1-6,8-11,24H,7,12-19H2. The van der Waals surface area contributed by atoms with Crippen LogP contribution in [0.3, 0.4) is 0 Å². The third kappa shape index (κ3) is 5.73. The molecule has 0 radical (unpaired) electrons. The molecule has 4 rings (SSSR count). The highest BCUT2D eigenvalue weighted by molar-refractivity contribution is 5.60. The van der Waals surface area contributed by atoms with Crippen molar-refractivity contribution in [3.8, 4) is 11.3 Å². The smallest absolute Gasteiger partial charge is 0.117 e. The lowest BCUT2D eigenvalue weighted by molar-refractivity contribution is 0.0374. The van der Waals surface area contributed by atoms with Gasteiger partial charge < -0.3 is 10.1 Å². The fourth-order valence-corrected chi connectivity index (χ4v) is 3.60. The summed E-state index contributed by atoms with van der Waals surface area (Å²) < 4.78 is 5.41. The van der Waals surface area contributed by atoms with E-state index in [1.807, 2.05) is 41.2 Å². The second kappa shape index (κ2) is 10.3. The van der Waals surface area contributed by atoms with Crippen molar-refractivity contribution in [1.29, 1.82) is 0 Å². The molecule has 1 N–H and O–H groups in total. The Hall–Kier alpha value is -2.54. The number of hydrogen-bond acceptors (Lipinski definition) is 5. The first kappa shape index (κ1) is 19.8. The molecule has 0 atom stereocenters. The molecular weight excluding hydrogens is 362 g/mol. The first-order valence-electron chi connectivity index (χ1n) is 10.4. The third-order valence-electron chi connectivity index (χ3n) is 5.16. The van der Waals surface area contributed by atoms with Gasteiger partial charge in [0, 0.05) is 25.2 Å². The number of rotatable bonds is 9. The molecule has 1 aromatic heterocycles. The molecule has 0 spiro atoms. The van der Waals surface area contributed by atoms with Crippen LogP contribution in [0.2, 0.25) is 0 Å². The van der Waals surface area contributed by atoms with Crippen LogP contribution in [0.1, 0.15) is 17.7 Å². The summed E-state index contributed by atoms with van der Waals surface area (Å²) in [5.41, 5.74) is 4.27. The average molecular weight is 392 g/mol. The number of nitrogens with one attached hydrogen (secondary N) is 1. The third-order valence-corrected chi connectivity index (χ3v) is 5.16. The minimum atomic E-state index is 0.678. The van der Waals surface area contributed by atoms with Gasteiger partial charge in [0.25, 0.3) is 0 Å². The Labute approximate surface area is 172 Å². The summed E-state index contributed by atoms with van der Waals surface area (Å²) in [7, 11) is 0. The Morgan fingerprint density at radius 2 is 1.62 bits per heavy atom. The Kier molecular flexibility index (Phi) is 7.02. The van der Waals surface area contributed by atoms with Gasteiger partial charge in [0.2, 0.25) is 0 Å². The maximum absolute atomic E-state index is 5.41. The van der Waals surface area contributed by atoms with Crippen molar-refractivity contribution in [2.75, 3.05) is 39.4 Å². The largest absolute Gasteiger partial charge is 0.379 e. The van der Waals surface area contributed by atoms with E-state index < -0.39 is 0 Å². The molecule has 0 bridgehead atoms. The number of aromatic nitrogens is 3. The van der Waals surface area contributed by atoms with Crippen LogP contribution in [0.5, 0.6) is 0 Å². The number of ether oxygens (including phenoxy) is 1. The lowest BCUT2D eigenvalue weighted by Gasteiger charge is -2.26. The minimum Gasteiger partial charge on any atom is -0.379 e. The van der Waals surface area contributed by atoms with Gasteiger partial charge in [0.15, 0.2) is 0 Å². The summed E-state index contributed by atoms with van der Waals surface area (Å²) in [6.45, 7) is 7.30. The van der Waals surface area contributed by atoms with E-state index >= 15 is 0 Å². The van der Waals surface area contributed by atoms with Crippen LogP contribution in [0.25, 0.3) is 11.3 Å². The summed E-state index contributed by atoms with van der Waals surface area (Å²) in [5.74, 6) is 0. The summed E-state index contributed by atoms with van der Waals surface area (Å²) in [4.78, 5) is 4.28. The van der Waals surface area contributed by atoms with E-state index in [9.17, 15) is 0 Å². The highest BCUT2D eigenvalue weighted by Gasteiger charge is 2.13. The van der Waals surface area contributed by atoms with Crippen molar-refractivity contribution < 1.29 is 4.74 Å². The molecule has 1 aliphatic rings. The summed E-state index contributed by atoms with van der Waals surface area (Å²) in [5, 5.41) is 13.1. The van der Waals surface area contributed by atoms with Crippen LogP contribution in [0.4, 0.5) is 0 Å². The Balaban J connectivity index is 1.37. The van der Waals surface area contributed by atoms with Crippen LogP contribution < -0.4 is 5.32 Å². The first-order chi connectivity index (χ1) is 14.4. The van der Waals surface area contributed by atoms with Gasteiger partial charge in [-0.25, -0.2) is 0 Å². The van der Waals surface area contributed by atoms with Crippen LogP contribution in [-0.2, 0) is 17.8 Å². The zero-order valence-electron chi connectivity index (χ0n) is 16.8. The Morgan fingerprint density at radius 3 is 2.38 bits per heavy atom. The molecule has 2 heterocycles. The van der Waals surface area contributed by atoms with Crippen LogP contribution in [-0.4, -0.2) is 59.3 Å². The van der Waals surface area contributed by atoms with E-state index in [1.165, 1.54) is 5.56 Å². The van der Waals surface area contributed by atoms with Gasteiger partial charge in [-0.2, -0.15) is 15.0 Å². The predicted octanol–water partition coefficient (Wildman–Crippen LogP) is 2.81. The van der Waals surface area contributed by atoms with E-state index in [0.717, 1.165) is 69.3 Å². The topological polar surface area (TPSA) is 55.2 Å². The summed E-state index contributed by atoms with van der Waals surface area (Å²) >= 11 is 0. The van der Waals surface area contributed by atoms with E-state index in [-0.39, 0.29) is 0 Å². The normalized spacial score (nSPS) is 14.9. The first-order valence-corrected chi connectivity index (χ1v) is 10.4. The van der Waals surface area contributed by atoms with E-state index in [1.54, 1.807) is 0 Å². The second-order valence-electron chi connectivity index (χ2n) is 7.36. The summed E-state index contributed by atoms with van der Waals surface area (Å²) in [6.07, 6.45) is 1.12. The molecule has 3 aromatic rings. The number of hydrogen-bond donors (Lipinski definition) is 1. The quantitative estimate of drug-likeness (QED) is 0.569. The molecule has 0 amide bonds. The molecule has 6 nitrogen and oxygen atoms in total. The highest BCUT2D eigenvalue weighted by Crippen LogP contribution is 2.20. The molecule has 1 aliphatic heterocycles. The number of nitrogens with zero attached hydrogens (tertiary/aromatic N) is 4. The Bertz CT molecular complexity index is 859. The number of benzene rings is 2. The predicted molar refractivity (Wildman–Crippen MR) is 115 cm³/mol. The molecule has 1 fully saturated rings. The Morgan fingerprint density at radius 1 is 0.897 bits per heavy atom. The molecule has 6 heteroatoms. The van der Waals surface area contributed by atoms with Crippen molar-refractivity contribution in [3.05, 3.63) is 71.9 Å². The second-order valence-corrected chi connectivity index (χ2v) is 7.36. The monoisotopic (exact) mass is 391 g/mol. The average Bonchev–Trinajstić information content (AvgIpc) is 3.18. The van der Waals surface area contributed by atoms with Gasteiger partial charge >= 0.3 is 0 Å². The van der Waals surface area contributed by atoms with Gasteiger partial charge in [-0.3, -0.25) is 4.90 Å². The molecule has 29 heavy (non-hydrogen) atoms. The van der Waals surface area contributed by atoms with Crippen LogP contribution in [0.15, 0.2) is 60.7 Å². The lowest BCUT2D eigenvalue weighted by atomic mass is 10.1. The SMILES string of the molecule is c1ccc(Cn2nc(CNCCCN3CCOCC3)c(-c3ccccc3)n2)cc1. The van der Waals surface area contributed by atoms with Crippen LogP contribution >= 0.6 is 0 Å². The molecular formula is C23H29N5O. The van der Waals surface area contributed by atoms with Crippen molar-refractivity contribution in [3.63, 3.8) is 0 Å². The molecule has 152 valence electrons. The van der Waals surface area contributed by atoms with E-state index in [2.05, 4.69) is 34.5 Å². The molecule has 0 unspecified atom stereocenters. The van der Waals surface area contributed by atoms with Crippen molar-refractivity contribution in [2.24, 2.45) is 0 Å². The van der Waals surface area contributed by atoms with Crippen LogP contribution in [0, 0.1) is 0 Å². The van der Waals surface area contributed by atoms with Gasteiger partial charge in [-0.1, -0.05) is 60.7 Å². The van der Waals surface area contributed by atoms with Crippen molar-refractivity contribution in [2.45, 2.75) is 19.5 Å². The lowest BCUT2D eigenvalue weighted by Crippen LogP contribution is -2.37. The molecule has 2 aromatic carbocycles. The maximum Gasteiger partial charge on any atom is 0.117 e. The van der Waals surface area contributed by atoms with E-state index in [4.69, 9.17) is 14.9 Å².